The average Bonchev–Trinajstić information content (AvgIpc) is 1.39. The van der Waals surface area contributed by atoms with Gasteiger partial charge in [0.1, 0.15) is 13.6 Å². The van der Waals surface area contributed by atoms with Crippen LogP contribution in [0.5, 0.6) is 0 Å². The maximum absolute atomic E-state index is 7.12. The first-order chi connectivity index (χ1) is 2.83. The van der Waals surface area contributed by atoms with Crippen molar-refractivity contribution in [2.45, 2.75) is 0 Å². The van der Waals surface area contributed by atoms with Crippen molar-refractivity contribution in [3.8, 4) is 0 Å². The van der Waals surface area contributed by atoms with Crippen molar-refractivity contribution < 1.29 is 40.2 Å². The van der Waals surface area contributed by atoms with Gasteiger partial charge in [0, 0.05) is 19.8 Å². The van der Waals surface area contributed by atoms with Gasteiger partial charge in [0.2, 0.25) is 0 Å². The van der Waals surface area contributed by atoms with Crippen LogP contribution in [-0.2, 0) is 19.8 Å². The van der Waals surface area contributed by atoms with Crippen LogP contribution in [0.15, 0.2) is 0 Å². The van der Waals surface area contributed by atoms with Gasteiger partial charge in [-0.2, -0.15) is 0 Å². The van der Waals surface area contributed by atoms with Crippen molar-refractivity contribution >= 4 is 0 Å². The van der Waals surface area contributed by atoms with Crippen LogP contribution in [0.1, 0.15) is 0 Å². The third-order valence-corrected chi connectivity index (χ3v) is 0. The van der Waals surface area contributed by atoms with Gasteiger partial charge in [0.25, 0.3) is 0 Å². The normalized spacial score (nSPS) is 5.14. The minimum Gasteiger partial charge on any atom is -0.371 e. The molecule has 7 heavy (non-hydrogen) atoms. The Morgan fingerprint density at radius 3 is 0.714 bits per heavy atom. The van der Waals surface area contributed by atoms with Gasteiger partial charge in [-0.15, -0.1) is 0 Å². The molecule has 0 aliphatic rings. The van der Waals surface area contributed by atoms with Crippen molar-refractivity contribution in [3.63, 3.8) is 0 Å². The summed E-state index contributed by atoms with van der Waals surface area (Å²) in [6, 6.07) is 0. The van der Waals surface area contributed by atoms with Gasteiger partial charge in [-0.05, 0) is 0 Å². The first-order valence-electron chi connectivity index (χ1n) is 1.26. The summed E-state index contributed by atoms with van der Waals surface area (Å²) >= 11 is 0. The van der Waals surface area contributed by atoms with E-state index in [1.54, 1.807) is 0 Å². The molecule has 0 saturated heterocycles. The third-order valence-electron chi connectivity index (χ3n) is 0. The van der Waals surface area contributed by atoms with E-state index in [0.29, 0.717) is 0 Å². The zero-order valence-corrected chi connectivity index (χ0v) is 6.10. The van der Waals surface area contributed by atoms with E-state index in [4.69, 9.17) is 20.4 Å². The zero-order chi connectivity index (χ0) is 5.41. The van der Waals surface area contributed by atoms with E-state index in [9.17, 15) is 0 Å². The molecule has 4 nitrogen and oxygen atoms in total. The van der Waals surface area contributed by atoms with Gasteiger partial charge >= 0.3 is 0 Å². The van der Waals surface area contributed by atoms with Crippen LogP contribution >= 0.6 is 0 Å². The molecule has 5 heteroatoms. The molecule has 0 unspecified atom stereocenters. The first-order valence-corrected chi connectivity index (χ1v) is 1.26. The quantitative estimate of drug-likeness (QED) is 0.383. The second-order valence-corrected chi connectivity index (χ2v) is 0.283. The molecule has 0 bridgehead atoms. The Kier molecular flexibility index (Phi) is 70.8. The van der Waals surface area contributed by atoms with Gasteiger partial charge in [-0.3, -0.25) is 0 Å². The number of hydrogen-bond acceptors (Lipinski definition) is 4. The Morgan fingerprint density at radius 1 is 0.714 bits per heavy atom. The molecule has 0 atom stereocenters. The van der Waals surface area contributed by atoms with Crippen LogP contribution in [-0.4, -0.2) is 34.0 Å². The zero-order valence-electron chi connectivity index (χ0n) is 3.56. The Hall–Kier alpha value is 0.476. The fourth-order valence-electron chi connectivity index (χ4n) is 0. The van der Waals surface area contributed by atoms with Crippen LogP contribution in [0, 0.1) is 0 Å². The van der Waals surface area contributed by atoms with Gasteiger partial charge in [0.05, 0.1) is 0 Å². The summed E-state index contributed by atoms with van der Waals surface area (Å²) in [4.78, 5) is 0. The SMILES string of the molecule is OCO.OCO.[Os]. The van der Waals surface area contributed by atoms with E-state index in [-0.39, 0.29) is 19.8 Å². The van der Waals surface area contributed by atoms with Crippen molar-refractivity contribution in [2.24, 2.45) is 0 Å². The van der Waals surface area contributed by atoms with Crippen LogP contribution in [0.4, 0.5) is 0 Å². The monoisotopic (exact) mass is 288 g/mol. The second kappa shape index (κ2) is 31.7. The summed E-state index contributed by atoms with van der Waals surface area (Å²) in [5, 5.41) is 28.5. The number of aliphatic hydroxyl groups excluding tert-OH is 2. The molecule has 0 aliphatic heterocycles. The average molecular weight is 286 g/mol. The largest absolute Gasteiger partial charge is 0.371 e. The van der Waals surface area contributed by atoms with E-state index < -0.39 is 13.6 Å². The smallest absolute Gasteiger partial charge is 0.140 e. The summed E-state index contributed by atoms with van der Waals surface area (Å²) in [6.45, 7) is -1.50. The summed E-state index contributed by atoms with van der Waals surface area (Å²) in [5.74, 6) is 0. The molecule has 0 aliphatic carbocycles. The van der Waals surface area contributed by atoms with Crippen molar-refractivity contribution in [1.82, 2.24) is 0 Å². The minimum atomic E-state index is -0.750. The summed E-state index contributed by atoms with van der Waals surface area (Å²) in [5.41, 5.74) is 0. The Balaban J connectivity index is -0.0000000400. The fraction of sp³-hybridized carbons (Fsp3) is 1.00. The molecular formula is C2H8O4Os. The van der Waals surface area contributed by atoms with E-state index >= 15 is 0 Å². The standard InChI is InChI=1S/2CH4O2.Os/c2*2-1-3;/h2*2-3H,1H2;. The molecule has 0 fully saturated rings. The van der Waals surface area contributed by atoms with Crippen LogP contribution < -0.4 is 0 Å². The third kappa shape index (κ3) is 572. The first kappa shape index (κ1) is 15.6. The van der Waals surface area contributed by atoms with Gasteiger partial charge in [0.15, 0.2) is 0 Å². The molecule has 0 radical (unpaired) electrons. The molecule has 0 aromatic heterocycles. The van der Waals surface area contributed by atoms with Crippen LogP contribution in [0.2, 0.25) is 0 Å². The number of rotatable bonds is 0. The molecule has 4 N–H and O–H groups in total. The second-order valence-electron chi connectivity index (χ2n) is 0.283. The molecule has 0 heterocycles. The minimum absolute atomic E-state index is 0. The van der Waals surface area contributed by atoms with Crippen LogP contribution in [0.3, 0.4) is 0 Å². The Bertz CT molecular complexity index is 11.7. The van der Waals surface area contributed by atoms with Crippen molar-refractivity contribution in [3.05, 3.63) is 0 Å². The van der Waals surface area contributed by atoms with Gasteiger partial charge < -0.3 is 20.4 Å². The molecule has 0 saturated carbocycles. The predicted octanol–water partition coefficient (Wildman–Crippen LogP) is -2.15. The topological polar surface area (TPSA) is 80.9 Å². The van der Waals surface area contributed by atoms with Crippen molar-refractivity contribution in [1.29, 1.82) is 0 Å². The van der Waals surface area contributed by atoms with E-state index in [1.807, 2.05) is 0 Å². The fourth-order valence-corrected chi connectivity index (χ4v) is 0. The predicted molar refractivity (Wildman–Crippen MR) is 18.6 cm³/mol. The molecule has 0 aromatic rings. The van der Waals surface area contributed by atoms with E-state index in [1.165, 1.54) is 0 Å². The molecule has 0 spiro atoms. The molecule has 0 amide bonds. The summed E-state index contributed by atoms with van der Waals surface area (Å²) in [6.07, 6.45) is 0. The maximum atomic E-state index is 7.12. The van der Waals surface area contributed by atoms with Gasteiger partial charge in [-0.25, -0.2) is 0 Å². The Morgan fingerprint density at radius 2 is 0.714 bits per heavy atom. The molecule has 48 valence electrons. The number of hydrogen-bond donors (Lipinski definition) is 4. The van der Waals surface area contributed by atoms with E-state index in [2.05, 4.69) is 0 Å². The van der Waals surface area contributed by atoms with Gasteiger partial charge in [-0.1, -0.05) is 0 Å². The Labute approximate surface area is 54.5 Å². The van der Waals surface area contributed by atoms with Crippen LogP contribution in [0.25, 0.3) is 0 Å². The summed E-state index contributed by atoms with van der Waals surface area (Å²) in [7, 11) is 0. The van der Waals surface area contributed by atoms with Crippen molar-refractivity contribution in [2.75, 3.05) is 13.6 Å². The molecule has 0 rings (SSSR count). The maximum Gasteiger partial charge on any atom is 0.140 e. The summed E-state index contributed by atoms with van der Waals surface area (Å²) < 4.78 is 0. The molecule has 0 aromatic carbocycles. The number of aliphatic hydroxyl groups is 4. The van der Waals surface area contributed by atoms with E-state index in [0.717, 1.165) is 0 Å². The molecular weight excluding hydrogens is 278 g/mol.